The molecule has 0 heterocycles. The fraction of sp³-hybridized carbons (Fsp3) is 0.385. The SMILES string of the molecule is C[Si](C)(C)C#Cc1ccc([C@H](O)CO)cc1. The fourth-order valence-electron chi connectivity index (χ4n) is 1.15. The molecule has 0 fully saturated rings. The van der Waals surface area contributed by atoms with Crippen LogP contribution >= 0.6 is 0 Å². The van der Waals surface area contributed by atoms with Crippen molar-refractivity contribution in [1.29, 1.82) is 0 Å². The van der Waals surface area contributed by atoms with Crippen molar-refractivity contribution in [2.24, 2.45) is 0 Å². The van der Waals surface area contributed by atoms with Gasteiger partial charge in [0.25, 0.3) is 0 Å². The summed E-state index contributed by atoms with van der Waals surface area (Å²) in [7, 11) is -1.33. The maximum absolute atomic E-state index is 9.40. The largest absolute Gasteiger partial charge is 0.393 e. The van der Waals surface area contributed by atoms with Crippen LogP contribution in [0.5, 0.6) is 0 Å². The first-order valence-corrected chi connectivity index (χ1v) is 8.84. The van der Waals surface area contributed by atoms with E-state index in [9.17, 15) is 5.11 Å². The molecule has 0 saturated heterocycles. The average Bonchev–Trinajstić information content (AvgIpc) is 2.25. The number of hydrogen-bond acceptors (Lipinski definition) is 2. The summed E-state index contributed by atoms with van der Waals surface area (Å²) < 4.78 is 0. The van der Waals surface area contributed by atoms with Crippen molar-refractivity contribution in [2.45, 2.75) is 25.7 Å². The molecule has 2 N–H and O–H groups in total. The van der Waals surface area contributed by atoms with Gasteiger partial charge in [-0.2, -0.15) is 0 Å². The van der Waals surface area contributed by atoms with Crippen molar-refractivity contribution < 1.29 is 10.2 Å². The second-order valence-electron chi connectivity index (χ2n) is 4.82. The van der Waals surface area contributed by atoms with Gasteiger partial charge in [-0.1, -0.05) is 37.7 Å². The third-order valence-electron chi connectivity index (χ3n) is 2.05. The Labute approximate surface area is 98.0 Å². The lowest BCUT2D eigenvalue weighted by Crippen LogP contribution is -2.16. The molecule has 0 unspecified atom stereocenters. The van der Waals surface area contributed by atoms with Gasteiger partial charge in [0.2, 0.25) is 0 Å². The molecule has 1 atom stereocenters. The minimum Gasteiger partial charge on any atom is -0.393 e. The second-order valence-corrected chi connectivity index (χ2v) is 9.57. The Morgan fingerprint density at radius 3 is 2.19 bits per heavy atom. The molecule has 0 bridgehead atoms. The summed E-state index contributed by atoms with van der Waals surface area (Å²) in [6.07, 6.45) is -0.793. The van der Waals surface area contributed by atoms with Crippen LogP contribution in [-0.2, 0) is 0 Å². The van der Waals surface area contributed by atoms with Gasteiger partial charge in [-0.05, 0) is 17.7 Å². The number of aliphatic hydroxyl groups is 2. The zero-order chi connectivity index (χ0) is 12.2. The lowest BCUT2D eigenvalue weighted by Gasteiger charge is -2.07. The quantitative estimate of drug-likeness (QED) is 0.606. The third kappa shape index (κ3) is 4.19. The Hall–Kier alpha value is -1.08. The van der Waals surface area contributed by atoms with E-state index >= 15 is 0 Å². The van der Waals surface area contributed by atoms with E-state index in [-0.39, 0.29) is 6.61 Å². The first-order valence-electron chi connectivity index (χ1n) is 5.34. The van der Waals surface area contributed by atoms with Crippen LogP contribution in [0.15, 0.2) is 24.3 Å². The molecule has 0 radical (unpaired) electrons. The van der Waals surface area contributed by atoms with E-state index in [0.717, 1.165) is 11.1 Å². The molecule has 86 valence electrons. The van der Waals surface area contributed by atoms with Gasteiger partial charge >= 0.3 is 0 Å². The van der Waals surface area contributed by atoms with E-state index < -0.39 is 14.2 Å². The Kier molecular flexibility index (Phi) is 4.31. The van der Waals surface area contributed by atoms with Gasteiger partial charge in [0, 0.05) is 5.56 Å². The molecule has 16 heavy (non-hydrogen) atoms. The summed E-state index contributed by atoms with van der Waals surface area (Å²) in [6.45, 7) is 6.34. The Balaban J connectivity index is 2.82. The monoisotopic (exact) mass is 234 g/mol. The maximum Gasteiger partial charge on any atom is 0.129 e. The van der Waals surface area contributed by atoms with E-state index in [4.69, 9.17) is 5.11 Å². The van der Waals surface area contributed by atoms with E-state index in [2.05, 4.69) is 31.1 Å². The third-order valence-corrected chi connectivity index (χ3v) is 2.93. The lowest BCUT2D eigenvalue weighted by atomic mass is 10.1. The van der Waals surface area contributed by atoms with Gasteiger partial charge in [-0.3, -0.25) is 0 Å². The molecule has 1 aromatic carbocycles. The summed E-state index contributed by atoms with van der Waals surface area (Å²) in [4.78, 5) is 0. The van der Waals surface area contributed by atoms with Gasteiger partial charge in [0.1, 0.15) is 14.2 Å². The fourth-order valence-corrected chi connectivity index (χ4v) is 1.67. The molecule has 3 heteroatoms. The summed E-state index contributed by atoms with van der Waals surface area (Å²) in [5.74, 6) is 3.14. The molecule has 0 aliphatic rings. The lowest BCUT2D eigenvalue weighted by molar-refractivity contribution is 0.0956. The molecule has 1 aromatic rings. The van der Waals surface area contributed by atoms with Crippen LogP contribution < -0.4 is 0 Å². The number of hydrogen-bond donors (Lipinski definition) is 2. The van der Waals surface area contributed by atoms with Gasteiger partial charge in [-0.15, -0.1) is 5.54 Å². The molecule has 0 aliphatic carbocycles. The predicted molar refractivity (Wildman–Crippen MR) is 68.7 cm³/mol. The summed E-state index contributed by atoms with van der Waals surface area (Å²) >= 11 is 0. The Morgan fingerprint density at radius 2 is 1.75 bits per heavy atom. The molecule has 0 aromatic heterocycles. The minimum atomic E-state index is -1.33. The van der Waals surface area contributed by atoms with Gasteiger partial charge < -0.3 is 10.2 Å². The molecule has 0 amide bonds. The van der Waals surface area contributed by atoms with E-state index in [1.807, 2.05) is 12.1 Å². The van der Waals surface area contributed by atoms with E-state index in [0.29, 0.717) is 0 Å². The number of benzene rings is 1. The first kappa shape index (κ1) is 13.0. The van der Waals surface area contributed by atoms with E-state index in [1.54, 1.807) is 12.1 Å². The van der Waals surface area contributed by atoms with Gasteiger partial charge in [0.15, 0.2) is 0 Å². The number of rotatable bonds is 2. The average molecular weight is 234 g/mol. The van der Waals surface area contributed by atoms with E-state index in [1.165, 1.54) is 0 Å². The summed E-state index contributed by atoms with van der Waals surface area (Å²) in [5.41, 5.74) is 4.96. The molecular weight excluding hydrogens is 216 g/mol. The van der Waals surface area contributed by atoms with Crippen molar-refractivity contribution in [1.82, 2.24) is 0 Å². The highest BCUT2D eigenvalue weighted by Crippen LogP contribution is 2.12. The highest BCUT2D eigenvalue weighted by molar-refractivity contribution is 6.83. The minimum absolute atomic E-state index is 0.250. The van der Waals surface area contributed by atoms with Crippen LogP contribution in [-0.4, -0.2) is 24.9 Å². The smallest absolute Gasteiger partial charge is 0.129 e. The van der Waals surface area contributed by atoms with Crippen molar-refractivity contribution in [3.05, 3.63) is 35.4 Å². The standard InChI is InChI=1S/C13H18O2Si/c1-16(2,3)9-8-11-4-6-12(7-5-11)13(15)10-14/h4-7,13-15H,10H2,1-3H3/t13-/m1/s1. The first-order chi connectivity index (χ1) is 7.42. The molecular formula is C13H18O2Si. The van der Waals surface area contributed by atoms with Crippen LogP contribution in [0.1, 0.15) is 17.2 Å². The zero-order valence-electron chi connectivity index (χ0n) is 9.99. The normalized spacial score (nSPS) is 12.8. The topological polar surface area (TPSA) is 40.5 Å². The molecule has 0 spiro atoms. The van der Waals surface area contributed by atoms with Crippen LogP contribution in [0.2, 0.25) is 19.6 Å². The maximum atomic E-state index is 9.40. The summed E-state index contributed by atoms with van der Waals surface area (Å²) in [5, 5.41) is 18.2. The Bertz CT molecular complexity index is 393. The number of aliphatic hydroxyl groups excluding tert-OH is 2. The van der Waals surface area contributed by atoms with Crippen LogP contribution in [0, 0.1) is 11.5 Å². The highest BCUT2D eigenvalue weighted by Gasteiger charge is 2.08. The molecule has 1 rings (SSSR count). The van der Waals surface area contributed by atoms with Crippen molar-refractivity contribution in [2.75, 3.05) is 6.61 Å². The predicted octanol–water partition coefficient (Wildman–Crippen LogP) is 1.94. The molecule has 0 aliphatic heterocycles. The highest BCUT2D eigenvalue weighted by atomic mass is 28.3. The van der Waals surface area contributed by atoms with Crippen molar-refractivity contribution in [3.8, 4) is 11.5 Å². The van der Waals surface area contributed by atoms with Gasteiger partial charge in [-0.25, -0.2) is 0 Å². The zero-order valence-corrected chi connectivity index (χ0v) is 11.0. The molecule has 2 nitrogen and oxygen atoms in total. The summed E-state index contributed by atoms with van der Waals surface area (Å²) in [6, 6.07) is 7.35. The van der Waals surface area contributed by atoms with Gasteiger partial charge in [0.05, 0.1) is 6.61 Å². The van der Waals surface area contributed by atoms with Crippen molar-refractivity contribution in [3.63, 3.8) is 0 Å². The van der Waals surface area contributed by atoms with Crippen molar-refractivity contribution >= 4 is 8.07 Å². The molecule has 0 saturated carbocycles. The van der Waals surface area contributed by atoms with Crippen LogP contribution in [0.4, 0.5) is 0 Å². The van der Waals surface area contributed by atoms with Crippen LogP contribution in [0.3, 0.4) is 0 Å². The second kappa shape index (κ2) is 5.31. The Morgan fingerprint density at radius 1 is 1.19 bits per heavy atom. The van der Waals surface area contributed by atoms with Crippen LogP contribution in [0.25, 0.3) is 0 Å².